The molecule has 1 aromatic heterocycles. The van der Waals surface area contributed by atoms with Crippen LogP contribution in [0.15, 0.2) is 47.6 Å². The molecular formula is C23H27N5O3S. The summed E-state index contributed by atoms with van der Waals surface area (Å²) in [6.45, 7) is 3.99. The fraction of sp³-hybridized carbons (Fsp3) is 0.348. The maximum Gasteiger partial charge on any atom is 0.234 e. The molecule has 1 N–H and O–H groups in total. The standard InChI is InChI=1S/C23H27N5O3S/c1-16-6-8-17(9-7-16)28-22(27-12-4-5-13-27)25-26-23(28)32-15-21(29)24-19-14-18(30-2)10-11-20(19)31-3/h6-11,14H,4-5,12-13,15H2,1-3H3,(H,24,29). The minimum atomic E-state index is -0.164. The molecule has 1 fully saturated rings. The molecule has 0 aliphatic carbocycles. The van der Waals surface area contributed by atoms with Crippen LogP contribution in [0.3, 0.4) is 0 Å². The summed E-state index contributed by atoms with van der Waals surface area (Å²) < 4.78 is 12.6. The average Bonchev–Trinajstić information content (AvgIpc) is 3.48. The molecule has 1 aliphatic heterocycles. The zero-order chi connectivity index (χ0) is 22.5. The molecule has 32 heavy (non-hydrogen) atoms. The van der Waals surface area contributed by atoms with Gasteiger partial charge in [0.15, 0.2) is 5.16 Å². The van der Waals surface area contributed by atoms with E-state index in [0.29, 0.717) is 22.3 Å². The van der Waals surface area contributed by atoms with Crippen molar-refractivity contribution in [3.8, 4) is 17.2 Å². The second kappa shape index (κ2) is 9.95. The van der Waals surface area contributed by atoms with Crippen molar-refractivity contribution in [3.05, 3.63) is 48.0 Å². The number of aryl methyl sites for hydroxylation is 1. The van der Waals surface area contributed by atoms with Crippen LogP contribution >= 0.6 is 11.8 Å². The van der Waals surface area contributed by atoms with E-state index in [1.165, 1.54) is 17.3 Å². The number of thioether (sulfide) groups is 1. The van der Waals surface area contributed by atoms with Crippen LogP contribution in [-0.4, -0.2) is 53.7 Å². The second-order valence-corrected chi connectivity index (χ2v) is 8.49. The van der Waals surface area contributed by atoms with Crippen molar-refractivity contribution in [1.29, 1.82) is 0 Å². The van der Waals surface area contributed by atoms with Gasteiger partial charge in [-0.3, -0.25) is 9.36 Å². The number of nitrogens with one attached hydrogen (secondary N) is 1. The molecule has 4 rings (SSSR count). The first kappa shape index (κ1) is 22.0. The molecule has 0 saturated carbocycles. The molecule has 0 atom stereocenters. The van der Waals surface area contributed by atoms with Crippen LogP contribution in [0.2, 0.25) is 0 Å². The summed E-state index contributed by atoms with van der Waals surface area (Å²) in [6, 6.07) is 13.5. The smallest absolute Gasteiger partial charge is 0.234 e. The molecule has 0 spiro atoms. The van der Waals surface area contributed by atoms with E-state index in [4.69, 9.17) is 9.47 Å². The van der Waals surface area contributed by atoms with Gasteiger partial charge in [0.1, 0.15) is 11.5 Å². The van der Waals surface area contributed by atoms with E-state index in [2.05, 4.69) is 51.6 Å². The van der Waals surface area contributed by atoms with Gasteiger partial charge < -0.3 is 19.7 Å². The SMILES string of the molecule is COc1ccc(OC)c(NC(=O)CSc2nnc(N3CCCC3)n2-c2ccc(C)cc2)c1. The Bertz CT molecular complexity index is 1080. The summed E-state index contributed by atoms with van der Waals surface area (Å²) in [4.78, 5) is 15.0. The topological polar surface area (TPSA) is 81.5 Å². The number of anilines is 2. The number of methoxy groups -OCH3 is 2. The molecule has 1 amide bonds. The van der Waals surface area contributed by atoms with Gasteiger partial charge >= 0.3 is 0 Å². The Kier molecular flexibility index (Phi) is 6.84. The first-order valence-electron chi connectivity index (χ1n) is 10.5. The molecule has 0 unspecified atom stereocenters. The lowest BCUT2D eigenvalue weighted by Gasteiger charge is -2.18. The number of hydrogen-bond donors (Lipinski definition) is 1. The maximum atomic E-state index is 12.7. The van der Waals surface area contributed by atoms with Gasteiger partial charge in [-0.1, -0.05) is 29.5 Å². The zero-order valence-electron chi connectivity index (χ0n) is 18.5. The molecule has 0 bridgehead atoms. The normalized spacial score (nSPS) is 13.3. The number of ether oxygens (including phenoxy) is 2. The van der Waals surface area contributed by atoms with Crippen LogP contribution in [0.25, 0.3) is 5.69 Å². The minimum Gasteiger partial charge on any atom is -0.497 e. The zero-order valence-corrected chi connectivity index (χ0v) is 19.3. The Morgan fingerprint density at radius 2 is 1.81 bits per heavy atom. The molecule has 3 aromatic rings. The number of aromatic nitrogens is 3. The lowest BCUT2D eigenvalue weighted by Crippen LogP contribution is -2.22. The first-order chi connectivity index (χ1) is 15.6. The summed E-state index contributed by atoms with van der Waals surface area (Å²) in [6.07, 6.45) is 2.29. The fourth-order valence-electron chi connectivity index (χ4n) is 3.63. The summed E-state index contributed by atoms with van der Waals surface area (Å²) in [5.74, 6) is 2.06. The number of carbonyl (C=O) groups is 1. The monoisotopic (exact) mass is 453 g/mol. The molecular weight excluding hydrogens is 426 g/mol. The van der Waals surface area contributed by atoms with Gasteiger partial charge in [0.25, 0.3) is 0 Å². The quantitative estimate of drug-likeness (QED) is 0.518. The summed E-state index contributed by atoms with van der Waals surface area (Å²) in [7, 11) is 3.15. The van der Waals surface area contributed by atoms with Gasteiger partial charge in [-0.2, -0.15) is 0 Å². The Labute approximate surface area is 191 Å². The minimum absolute atomic E-state index is 0.164. The van der Waals surface area contributed by atoms with E-state index >= 15 is 0 Å². The molecule has 1 aliphatic rings. The summed E-state index contributed by atoms with van der Waals surface area (Å²) in [5, 5.41) is 12.5. The lowest BCUT2D eigenvalue weighted by atomic mass is 10.2. The van der Waals surface area contributed by atoms with Gasteiger partial charge in [0.2, 0.25) is 11.9 Å². The molecule has 9 heteroatoms. The Morgan fingerprint density at radius 3 is 2.50 bits per heavy atom. The fourth-order valence-corrected chi connectivity index (χ4v) is 4.37. The van der Waals surface area contributed by atoms with Crippen LogP contribution in [0.1, 0.15) is 18.4 Å². The summed E-state index contributed by atoms with van der Waals surface area (Å²) >= 11 is 1.36. The molecule has 1 saturated heterocycles. The number of hydrogen-bond acceptors (Lipinski definition) is 7. The van der Waals surface area contributed by atoms with Crippen molar-refractivity contribution in [1.82, 2.24) is 14.8 Å². The molecule has 2 heterocycles. The van der Waals surface area contributed by atoms with Crippen molar-refractivity contribution in [2.75, 3.05) is 43.3 Å². The summed E-state index contributed by atoms with van der Waals surface area (Å²) in [5.41, 5.74) is 2.74. The number of carbonyl (C=O) groups excluding carboxylic acids is 1. The van der Waals surface area contributed by atoms with Crippen LogP contribution in [0, 0.1) is 6.92 Å². The number of amides is 1. The molecule has 0 radical (unpaired) electrons. The highest BCUT2D eigenvalue weighted by molar-refractivity contribution is 7.99. The predicted octanol–water partition coefficient (Wildman–Crippen LogP) is 3.92. The van der Waals surface area contributed by atoms with Crippen LogP contribution in [0.4, 0.5) is 11.6 Å². The Balaban J connectivity index is 1.53. The van der Waals surface area contributed by atoms with Crippen molar-refractivity contribution < 1.29 is 14.3 Å². The van der Waals surface area contributed by atoms with E-state index in [0.717, 1.165) is 37.6 Å². The van der Waals surface area contributed by atoms with Crippen molar-refractivity contribution >= 4 is 29.3 Å². The van der Waals surface area contributed by atoms with Gasteiger partial charge in [-0.05, 0) is 44.0 Å². The van der Waals surface area contributed by atoms with Crippen LogP contribution < -0.4 is 19.7 Å². The van der Waals surface area contributed by atoms with E-state index in [9.17, 15) is 4.79 Å². The highest BCUT2D eigenvalue weighted by Crippen LogP contribution is 2.31. The van der Waals surface area contributed by atoms with Gasteiger partial charge in [0, 0.05) is 19.2 Å². The molecule has 8 nitrogen and oxygen atoms in total. The first-order valence-corrected chi connectivity index (χ1v) is 11.5. The lowest BCUT2D eigenvalue weighted by molar-refractivity contribution is -0.113. The number of rotatable bonds is 8. The van der Waals surface area contributed by atoms with E-state index in [-0.39, 0.29) is 11.7 Å². The number of nitrogens with zero attached hydrogens (tertiary/aromatic N) is 4. The van der Waals surface area contributed by atoms with Gasteiger partial charge in [0.05, 0.1) is 31.3 Å². The average molecular weight is 454 g/mol. The Hall–Kier alpha value is -3.20. The third-order valence-corrected chi connectivity index (χ3v) is 6.24. The molecule has 168 valence electrons. The van der Waals surface area contributed by atoms with E-state index in [1.807, 2.05) is 4.57 Å². The maximum absolute atomic E-state index is 12.7. The third kappa shape index (κ3) is 4.83. The van der Waals surface area contributed by atoms with Crippen molar-refractivity contribution in [3.63, 3.8) is 0 Å². The molecule has 2 aromatic carbocycles. The van der Waals surface area contributed by atoms with Crippen LogP contribution in [-0.2, 0) is 4.79 Å². The van der Waals surface area contributed by atoms with Gasteiger partial charge in [-0.25, -0.2) is 0 Å². The van der Waals surface area contributed by atoms with E-state index < -0.39 is 0 Å². The Morgan fingerprint density at radius 1 is 1.06 bits per heavy atom. The van der Waals surface area contributed by atoms with Crippen molar-refractivity contribution in [2.45, 2.75) is 24.9 Å². The third-order valence-electron chi connectivity index (χ3n) is 5.31. The highest BCUT2D eigenvalue weighted by atomic mass is 32.2. The van der Waals surface area contributed by atoms with Crippen LogP contribution in [0.5, 0.6) is 11.5 Å². The van der Waals surface area contributed by atoms with E-state index in [1.54, 1.807) is 32.4 Å². The highest BCUT2D eigenvalue weighted by Gasteiger charge is 2.23. The second-order valence-electron chi connectivity index (χ2n) is 7.55. The van der Waals surface area contributed by atoms with Crippen molar-refractivity contribution in [2.24, 2.45) is 0 Å². The predicted molar refractivity (Wildman–Crippen MR) is 126 cm³/mol. The van der Waals surface area contributed by atoms with Gasteiger partial charge in [-0.15, -0.1) is 10.2 Å². The largest absolute Gasteiger partial charge is 0.497 e. The number of benzene rings is 2.